The molecule has 3 aromatic rings. The summed E-state index contributed by atoms with van der Waals surface area (Å²) in [7, 11) is 0. The summed E-state index contributed by atoms with van der Waals surface area (Å²) in [6, 6.07) is 12.1. The monoisotopic (exact) mass is 361 g/mol. The Balaban J connectivity index is 1.77. The van der Waals surface area contributed by atoms with Crippen LogP contribution in [0.2, 0.25) is 5.02 Å². The normalized spacial score (nSPS) is 10.8. The van der Waals surface area contributed by atoms with Gasteiger partial charge in [0.1, 0.15) is 5.82 Å². The van der Waals surface area contributed by atoms with E-state index >= 15 is 0 Å². The standard InChI is InChI=1S/C17H16ClN3S2/c1-2-9-21-16(11-14-7-5-10-22-14)19-20-17(21)23-12-13-6-3-4-8-15(13)18/h2-8,10H,1,9,11-12H2. The minimum atomic E-state index is 0.707. The van der Waals surface area contributed by atoms with Crippen LogP contribution < -0.4 is 0 Å². The van der Waals surface area contributed by atoms with E-state index in [4.69, 9.17) is 11.6 Å². The molecule has 0 aliphatic carbocycles. The second-order valence-corrected chi connectivity index (χ2v) is 7.32. The van der Waals surface area contributed by atoms with E-state index in [2.05, 4.69) is 38.9 Å². The number of thiophene rings is 1. The molecule has 0 amide bonds. The highest BCUT2D eigenvalue weighted by molar-refractivity contribution is 7.98. The number of hydrogen-bond acceptors (Lipinski definition) is 4. The Morgan fingerprint density at radius 3 is 2.83 bits per heavy atom. The van der Waals surface area contributed by atoms with Crippen molar-refractivity contribution in [3.8, 4) is 0 Å². The summed E-state index contributed by atoms with van der Waals surface area (Å²) in [5.74, 6) is 1.74. The fraction of sp³-hybridized carbons (Fsp3) is 0.176. The van der Waals surface area contributed by atoms with Crippen molar-refractivity contribution in [1.29, 1.82) is 0 Å². The number of benzene rings is 1. The van der Waals surface area contributed by atoms with Crippen LogP contribution in [0.4, 0.5) is 0 Å². The lowest BCUT2D eigenvalue weighted by Crippen LogP contribution is -2.04. The highest BCUT2D eigenvalue weighted by atomic mass is 35.5. The molecule has 0 saturated carbocycles. The molecule has 0 unspecified atom stereocenters. The van der Waals surface area contributed by atoms with Crippen molar-refractivity contribution in [1.82, 2.24) is 14.8 Å². The number of hydrogen-bond donors (Lipinski definition) is 0. The lowest BCUT2D eigenvalue weighted by atomic mass is 10.2. The maximum absolute atomic E-state index is 6.22. The van der Waals surface area contributed by atoms with Gasteiger partial charge in [-0.1, -0.05) is 53.7 Å². The summed E-state index contributed by atoms with van der Waals surface area (Å²) >= 11 is 9.60. The molecule has 0 atom stereocenters. The molecule has 0 fully saturated rings. The number of nitrogens with zero attached hydrogens (tertiary/aromatic N) is 3. The zero-order chi connectivity index (χ0) is 16.1. The Kier molecular flexibility index (Phi) is 5.54. The van der Waals surface area contributed by atoms with E-state index < -0.39 is 0 Å². The SMILES string of the molecule is C=CCn1c(Cc2cccs2)nnc1SCc1ccccc1Cl. The first-order valence-corrected chi connectivity index (χ1v) is 9.44. The van der Waals surface area contributed by atoms with Crippen LogP contribution in [0.3, 0.4) is 0 Å². The summed E-state index contributed by atoms with van der Waals surface area (Å²) in [6.07, 6.45) is 2.67. The van der Waals surface area contributed by atoms with Crippen molar-refractivity contribution < 1.29 is 0 Å². The molecule has 3 rings (SSSR count). The maximum atomic E-state index is 6.22. The summed E-state index contributed by atoms with van der Waals surface area (Å²) in [5.41, 5.74) is 1.10. The second-order valence-electron chi connectivity index (χ2n) is 4.93. The Morgan fingerprint density at radius 1 is 1.22 bits per heavy atom. The molecule has 6 heteroatoms. The van der Waals surface area contributed by atoms with Gasteiger partial charge in [-0.2, -0.15) is 0 Å². The van der Waals surface area contributed by atoms with Crippen LogP contribution in [0.25, 0.3) is 0 Å². The molecule has 3 nitrogen and oxygen atoms in total. The molecular formula is C17H16ClN3S2. The van der Waals surface area contributed by atoms with Crippen LogP contribution in [0.5, 0.6) is 0 Å². The van der Waals surface area contributed by atoms with Gasteiger partial charge in [0, 0.05) is 28.6 Å². The molecule has 0 spiro atoms. The van der Waals surface area contributed by atoms with Gasteiger partial charge in [0.05, 0.1) is 0 Å². The largest absolute Gasteiger partial charge is 0.302 e. The van der Waals surface area contributed by atoms with Crippen molar-refractivity contribution in [2.75, 3.05) is 0 Å². The van der Waals surface area contributed by atoms with Gasteiger partial charge in [0.25, 0.3) is 0 Å². The van der Waals surface area contributed by atoms with Gasteiger partial charge in [-0.05, 0) is 23.1 Å². The van der Waals surface area contributed by atoms with Gasteiger partial charge in [-0.25, -0.2) is 0 Å². The van der Waals surface area contributed by atoms with Gasteiger partial charge < -0.3 is 4.57 Å². The van der Waals surface area contributed by atoms with E-state index in [1.165, 1.54) is 4.88 Å². The number of aromatic nitrogens is 3. The highest BCUT2D eigenvalue weighted by Gasteiger charge is 2.13. The second kappa shape index (κ2) is 7.81. The van der Waals surface area contributed by atoms with E-state index in [1.807, 2.05) is 30.3 Å². The van der Waals surface area contributed by atoms with Crippen molar-refractivity contribution >= 4 is 34.7 Å². The van der Waals surface area contributed by atoms with Crippen molar-refractivity contribution in [3.63, 3.8) is 0 Å². The van der Waals surface area contributed by atoms with E-state index in [0.29, 0.717) is 6.54 Å². The van der Waals surface area contributed by atoms with Crippen molar-refractivity contribution in [2.24, 2.45) is 0 Å². The summed E-state index contributed by atoms with van der Waals surface area (Å²) in [6.45, 7) is 4.55. The lowest BCUT2D eigenvalue weighted by Gasteiger charge is -2.07. The average Bonchev–Trinajstić information content (AvgIpc) is 3.19. The number of halogens is 1. The Hall–Kier alpha value is -1.56. The average molecular weight is 362 g/mol. The fourth-order valence-electron chi connectivity index (χ4n) is 2.20. The first-order valence-electron chi connectivity index (χ1n) is 7.19. The van der Waals surface area contributed by atoms with Crippen molar-refractivity contribution in [2.45, 2.75) is 23.9 Å². The molecular weight excluding hydrogens is 346 g/mol. The van der Waals surface area contributed by atoms with Crippen LogP contribution in [0.1, 0.15) is 16.3 Å². The molecule has 2 heterocycles. The zero-order valence-electron chi connectivity index (χ0n) is 12.5. The molecule has 0 radical (unpaired) electrons. The van der Waals surface area contributed by atoms with Crippen LogP contribution >= 0.6 is 34.7 Å². The zero-order valence-corrected chi connectivity index (χ0v) is 14.9. The minimum absolute atomic E-state index is 0.707. The van der Waals surface area contributed by atoms with Gasteiger partial charge in [0.15, 0.2) is 5.16 Å². The Labute approximate surface area is 149 Å². The molecule has 0 bridgehead atoms. The molecule has 0 aliphatic heterocycles. The number of thioether (sulfide) groups is 1. The van der Waals surface area contributed by atoms with E-state index in [-0.39, 0.29) is 0 Å². The van der Waals surface area contributed by atoms with Gasteiger partial charge in [-0.15, -0.1) is 28.1 Å². The van der Waals surface area contributed by atoms with Crippen LogP contribution in [0.15, 0.2) is 59.6 Å². The molecule has 0 N–H and O–H groups in total. The van der Waals surface area contributed by atoms with Gasteiger partial charge in [0.2, 0.25) is 0 Å². The lowest BCUT2D eigenvalue weighted by molar-refractivity contribution is 0.692. The minimum Gasteiger partial charge on any atom is -0.302 e. The Morgan fingerprint density at radius 2 is 2.09 bits per heavy atom. The first-order chi connectivity index (χ1) is 11.3. The summed E-state index contributed by atoms with van der Waals surface area (Å²) in [5, 5.41) is 12.5. The highest BCUT2D eigenvalue weighted by Crippen LogP contribution is 2.26. The molecule has 0 saturated heterocycles. The molecule has 118 valence electrons. The van der Waals surface area contributed by atoms with Gasteiger partial charge in [-0.3, -0.25) is 0 Å². The first kappa shape index (κ1) is 16.3. The van der Waals surface area contributed by atoms with E-state index in [0.717, 1.165) is 33.7 Å². The Bertz CT molecular complexity index is 781. The maximum Gasteiger partial charge on any atom is 0.191 e. The number of allylic oxidation sites excluding steroid dienone is 1. The predicted molar refractivity (Wildman–Crippen MR) is 98.4 cm³/mol. The third kappa shape index (κ3) is 4.05. The molecule has 1 aromatic carbocycles. The topological polar surface area (TPSA) is 30.7 Å². The summed E-state index contributed by atoms with van der Waals surface area (Å²) in [4.78, 5) is 1.28. The van der Waals surface area contributed by atoms with E-state index in [1.54, 1.807) is 23.1 Å². The molecule has 23 heavy (non-hydrogen) atoms. The summed E-state index contributed by atoms with van der Waals surface area (Å²) < 4.78 is 2.12. The van der Waals surface area contributed by atoms with Crippen molar-refractivity contribution in [3.05, 3.63) is 75.7 Å². The fourth-order valence-corrected chi connectivity index (χ4v) is 4.15. The number of rotatable bonds is 7. The van der Waals surface area contributed by atoms with Crippen LogP contribution in [-0.4, -0.2) is 14.8 Å². The third-order valence-corrected chi connectivity index (χ3v) is 5.59. The van der Waals surface area contributed by atoms with Crippen LogP contribution in [-0.2, 0) is 18.7 Å². The van der Waals surface area contributed by atoms with Gasteiger partial charge >= 0.3 is 0 Å². The van der Waals surface area contributed by atoms with Crippen LogP contribution in [0, 0.1) is 0 Å². The predicted octanol–water partition coefficient (Wildman–Crippen LogP) is 5.06. The smallest absolute Gasteiger partial charge is 0.191 e. The quantitative estimate of drug-likeness (QED) is 0.435. The molecule has 0 aliphatic rings. The third-order valence-electron chi connectivity index (χ3n) is 3.33. The van der Waals surface area contributed by atoms with E-state index in [9.17, 15) is 0 Å². The molecule has 2 aromatic heterocycles.